The van der Waals surface area contributed by atoms with Gasteiger partial charge in [0, 0.05) is 27.2 Å². The smallest absolute Gasteiger partial charge is 0.311 e. The number of hydrogen-bond donors (Lipinski definition) is 0. The van der Waals surface area contributed by atoms with Crippen LogP contribution in [-0.4, -0.2) is 30.9 Å². The van der Waals surface area contributed by atoms with Crippen molar-refractivity contribution in [1.82, 2.24) is 4.90 Å². The second kappa shape index (κ2) is 5.06. The lowest BCUT2D eigenvalue weighted by atomic mass is 10.0. The van der Waals surface area contributed by atoms with E-state index < -0.39 is 12.9 Å². The number of hydrogen-bond acceptors (Lipinski definition) is 4. The van der Waals surface area contributed by atoms with E-state index in [1.807, 2.05) is 18.2 Å². The summed E-state index contributed by atoms with van der Waals surface area (Å²) in [5, 5.41) is -0.540. The van der Waals surface area contributed by atoms with Crippen LogP contribution in [0.2, 0.25) is 0 Å². The first-order chi connectivity index (χ1) is 10.00. The zero-order chi connectivity index (χ0) is 15.3. The minimum atomic E-state index is -3.19. The van der Waals surface area contributed by atoms with Crippen LogP contribution in [0.3, 0.4) is 0 Å². The van der Waals surface area contributed by atoms with Crippen LogP contribution in [-0.2, 0) is 13.6 Å². The quantitative estimate of drug-likeness (QED) is 0.479. The van der Waals surface area contributed by atoms with Gasteiger partial charge in [-0.3, -0.25) is 9.46 Å². The molecule has 0 saturated carbocycles. The molecule has 1 aromatic rings. The highest BCUT2D eigenvalue weighted by Gasteiger charge is 2.75. The van der Waals surface area contributed by atoms with E-state index in [0.29, 0.717) is 0 Å². The van der Waals surface area contributed by atoms with E-state index >= 15 is 0 Å². The molecule has 0 amide bonds. The molecule has 3 atom stereocenters. The molecule has 1 aromatic carbocycles. The van der Waals surface area contributed by atoms with Crippen molar-refractivity contribution in [3.05, 3.63) is 47.0 Å². The fourth-order valence-corrected chi connectivity index (χ4v) is 5.86. The maximum absolute atomic E-state index is 13.2. The molecule has 114 valence electrons. The molecule has 0 aromatic heterocycles. The summed E-state index contributed by atoms with van der Waals surface area (Å²) in [7, 11) is -0.220. The fourth-order valence-electron chi connectivity index (χ4n) is 3.61. The highest BCUT2D eigenvalue weighted by atomic mass is 31.2. The summed E-state index contributed by atoms with van der Waals surface area (Å²) in [4.78, 5) is 2.26. The molecule has 0 aliphatic carbocycles. The van der Waals surface area contributed by atoms with E-state index in [1.54, 1.807) is 0 Å². The Bertz CT molecular complexity index is 620. The molecule has 3 rings (SSSR count). The van der Waals surface area contributed by atoms with Crippen LogP contribution in [0.25, 0.3) is 0 Å². The standard InChI is InChI=1S/C16H22NO3P/c1-12-10-16(21(18,19-3)20-4)15(17(16)11-13(12)2)14-8-6-5-7-9-14/h5-9,15H,10-11H2,1-4H3/t15-,16+,17?/m1/s1. The van der Waals surface area contributed by atoms with Crippen LogP contribution in [0.15, 0.2) is 41.5 Å². The first-order valence-corrected chi connectivity index (χ1v) is 8.73. The normalized spacial score (nSPS) is 32.0. The maximum Gasteiger partial charge on any atom is 0.352 e. The van der Waals surface area contributed by atoms with Gasteiger partial charge in [0.05, 0.1) is 6.04 Å². The summed E-state index contributed by atoms with van der Waals surface area (Å²) in [6.07, 6.45) is 0.733. The van der Waals surface area contributed by atoms with Gasteiger partial charge < -0.3 is 9.05 Å². The SMILES string of the molecule is COP(=O)(OC)[C@]12CC(C)=C(C)CN1[C@@H]2c1ccccc1. The first-order valence-electron chi connectivity index (χ1n) is 7.18. The molecule has 0 N–H and O–H groups in total. The molecule has 4 nitrogen and oxygen atoms in total. The Hall–Kier alpha value is -0.930. The van der Waals surface area contributed by atoms with E-state index in [1.165, 1.54) is 30.9 Å². The summed E-state index contributed by atoms with van der Waals surface area (Å²) in [6, 6.07) is 10.3. The van der Waals surface area contributed by atoms with Crippen molar-refractivity contribution in [3.8, 4) is 0 Å². The molecule has 0 radical (unpaired) electrons. The predicted octanol–water partition coefficient (Wildman–Crippen LogP) is 3.97. The average molecular weight is 307 g/mol. The molecule has 21 heavy (non-hydrogen) atoms. The van der Waals surface area contributed by atoms with Gasteiger partial charge in [-0.2, -0.15) is 0 Å². The Morgan fingerprint density at radius 2 is 1.76 bits per heavy atom. The maximum atomic E-state index is 13.2. The van der Waals surface area contributed by atoms with Crippen LogP contribution in [0.4, 0.5) is 0 Å². The topological polar surface area (TPSA) is 38.5 Å². The van der Waals surface area contributed by atoms with Gasteiger partial charge in [0.2, 0.25) is 0 Å². The van der Waals surface area contributed by atoms with Gasteiger partial charge in [0.1, 0.15) is 5.28 Å². The zero-order valence-electron chi connectivity index (χ0n) is 13.0. The Kier molecular flexibility index (Phi) is 3.61. The lowest BCUT2D eigenvalue weighted by Crippen LogP contribution is -2.27. The molecule has 2 heterocycles. The van der Waals surface area contributed by atoms with E-state index in [4.69, 9.17) is 9.05 Å². The second-order valence-corrected chi connectivity index (χ2v) is 8.42. The lowest BCUT2D eigenvalue weighted by molar-refractivity contribution is 0.247. The molecule has 0 bridgehead atoms. The van der Waals surface area contributed by atoms with Crippen LogP contribution < -0.4 is 0 Å². The van der Waals surface area contributed by atoms with Crippen LogP contribution in [0.5, 0.6) is 0 Å². The summed E-state index contributed by atoms with van der Waals surface area (Å²) in [6.45, 7) is 5.08. The lowest BCUT2D eigenvalue weighted by Gasteiger charge is -2.29. The number of rotatable bonds is 4. The molecule has 2 aliphatic heterocycles. The largest absolute Gasteiger partial charge is 0.352 e. The number of nitrogens with zero attached hydrogens (tertiary/aromatic N) is 1. The third kappa shape index (κ3) is 1.97. The van der Waals surface area contributed by atoms with Crippen molar-refractivity contribution in [1.29, 1.82) is 0 Å². The van der Waals surface area contributed by atoms with Gasteiger partial charge in [-0.15, -0.1) is 0 Å². The van der Waals surface area contributed by atoms with Gasteiger partial charge in [-0.1, -0.05) is 41.5 Å². The van der Waals surface area contributed by atoms with Crippen LogP contribution in [0.1, 0.15) is 31.9 Å². The van der Waals surface area contributed by atoms with Gasteiger partial charge in [-0.05, 0) is 19.4 Å². The van der Waals surface area contributed by atoms with Gasteiger partial charge in [0.15, 0.2) is 0 Å². The second-order valence-electron chi connectivity index (χ2n) is 5.92. The Labute approximate surface area is 126 Å². The van der Waals surface area contributed by atoms with Crippen molar-refractivity contribution >= 4 is 7.60 Å². The third-order valence-electron chi connectivity index (χ3n) is 4.91. The van der Waals surface area contributed by atoms with Crippen molar-refractivity contribution in [2.45, 2.75) is 31.6 Å². The summed E-state index contributed by atoms with van der Waals surface area (Å²) < 4.78 is 23.9. The Morgan fingerprint density at radius 1 is 1.14 bits per heavy atom. The minimum absolute atomic E-state index is 0.0943. The minimum Gasteiger partial charge on any atom is -0.311 e. The van der Waals surface area contributed by atoms with Crippen LogP contribution >= 0.6 is 7.60 Å². The summed E-state index contributed by atoms with van der Waals surface area (Å²) >= 11 is 0. The van der Waals surface area contributed by atoms with Gasteiger partial charge in [-0.25, -0.2) is 0 Å². The molecule has 1 saturated heterocycles. The van der Waals surface area contributed by atoms with E-state index in [9.17, 15) is 4.57 Å². The molecule has 1 unspecified atom stereocenters. The number of fused-ring (bicyclic) bond motifs is 1. The Morgan fingerprint density at radius 3 is 2.33 bits per heavy atom. The van der Waals surface area contributed by atoms with Crippen molar-refractivity contribution < 1.29 is 13.6 Å². The number of benzene rings is 1. The van der Waals surface area contributed by atoms with Crippen molar-refractivity contribution in [2.24, 2.45) is 0 Å². The highest BCUT2D eigenvalue weighted by Crippen LogP contribution is 2.79. The molecule has 2 aliphatic rings. The molecular weight excluding hydrogens is 285 g/mol. The Balaban J connectivity index is 2.07. The van der Waals surface area contributed by atoms with E-state index in [2.05, 4.69) is 30.9 Å². The summed E-state index contributed by atoms with van der Waals surface area (Å²) in [5.41, 5.74) is 3.82. The van der Waals surface area contributed by atoms with Gasteiger partial charge >= 0.3 is 7.60 Å². The van der Waals surface area contributed by atoms with Crippen molar-refractivity contribution in [3.63, 3.8) is 0 Å². The third-order valence-corrected chi connectivity index (χ3v) is 7.48. The van der Waals surface area contributed by atoms with Gasteiger partial charge in [0.25, 0.3) is 0 Å². The monoisotopic (exact) mass is 307 g/mol. The predicted molar refractivity (Wildman–Crippen MR) is 83.2 cm³/mol. The summed E-state index contributed by atoms with van der Waals surface area (Å²) in [5.74, 6) is 0. The molecule has 1 fully saturated rings. The van der Waals surface area contributed by atoms with Crippen LogP contribution in [0, 0.1) is 0 Å². The van der Waals surface area contributed by atoms with E-state index in [-0.39, 0.29) is 6.04 Å². The fraction of sp³-hybridized carbons (Fsp3) is 0.500. The highest BCUT2D eigenvalue weighted by molar-refractivity contribution is 7.56. The van der Waals surface area contributed by atoms with E-state index in [0.717, 1.165) is 13.0 Å². The first kappa shape index (κ1) is 15.0. The molecule has 0 spiro atoms. The van der Waals surface area contributed by atoms with Crippen molar-refractivity contribution in [2.75, 3.05) is 20.8 Å². The molecular formula is C16H22NO3P. The molecule has 5 heteroatoms. The average Bonchev–Trinajstić information content (AvgIpc) is 3.16. The zero-order valence-corrected chi connectivity index (χ0v) is 13.9.